The van der Waals surface area contributed by atoms with E-state index in [1.807, 2.05) is 0 Å². The molecule has 3 aromatic rings. The summed E-state index contributed by atoms with van der Waals surface area (Å²) >= 11 is 0. The Labute approximate surface area is 161 Å². The monoisotopic (exact) mass is 359 g/mol. The first kappa shape index (κ1) is 17.6. The highest BCUT2D eigenvalue weighted by molar-refractivity contribution is 5.49. The van der Waals surface area contributed by atoms with Crippen molar-refractivity contribution in [3.8, 4) is 11.5 Å². The SMILES string of the molecule is COc1cc2c(cc1OC)CN(Cc1ccccc1)C(c1ccccc1)C2. The fraction of sp³-hybridized carbons (Fsp3) is 0.250. The van der Waals surface area contributed by atoms with E-state index in [9.17, 15) is 0 Å². The molecule has 1 aliphatic rings. The molecule has 27 heavy (non-hydrogen) atoms. The summed E-state index contributed by atoms with van der Waals surface area (Å²) in [4.78, 5) is 2.55. The Kier molecular flexibility index (Phi) is 5.12. The normalized spacial score (nSPS) is 16.6. The van der Waals surface area contributed by atoms with Crippen molar-refractivity contribution in [2.45, 2.75) is 25.6 Å². The Bertz CT molecular complexity index is 893. The molecule has 0 saturated heterocycles. The van der Waals surface area contributed by atoms with Gasteiger partial charge in [0.2, 0.25) is 0 Å². The van der Waals surface area contributed by atoms with Gasteiger partial charge in [0.15, 0.2) is 11.5 Å². The minimum Gasteiger partial charge on any atom is -0.493 e. The molecule has 0 N–H and O–H groups in total. The molecule has 0 amide bonds. The smallest absolute Gasteiger partial charge is 0.161 e. The van der Waals surface area contributed by atoms with Gasteiger partial charge in [-0.05, 0) is 40.8 Å². The molecule has 0 spiro atoms. The van der Waals surface area contributed by atoms with Gasteiger partial charge < -0.3 is 9.47 Å². The molecule has 3 heteroatoms. The molecule has 3 nitrogen and oxygen atoms in total. The molecule has 1 heterocycles. The van der Waals surface area contributed by atoms with Crippen molar-refractivity contribution in [1.29, 1.82) is 0 Å². The number of hydrogen-bond donors (Lipinski definition) is 0. The number of hydrogen-bond acceptors (Lipinski definition) is 3. The van der Waals surface area contributed by atoms with E-state index < -0.39 is 0 Å². The van der Waals surface area contributed by atoms with Gasteiger partial charge in [-0.25, -0.2) is 0 Å². The molecule has 0 fully saturated rings. The van der Waals surface area contributed by atoms with E-state index in [1.54, 1.807) is 14.2 Å². The van der Waals surface area contributed by atoms with E-state index in [0.717, 1.165) is 31.0 Å². The first-order valence-corrected chi connectivity index (χ1v) is 9.35. The van der Waals surface area contributed by atoms with Gasteiger partial charge in [0.05, 0.1) is 14.2 Å². The minimum absolute atomic E-state index is 0.344. The minimum atomic E-state index is 0.344. The molecule has 3 aromatic carbocycles. The van der Waals surface area contributed by atoms with Crippen molar-refractivity contribution < 1.29 is 9.47 Å². The van der Waals surface area contributed by atoms with Crippen molar-refractivity contribution in [3.05, 3.63) is 95.1 Å². The Morgan fingerprint density at radius 3 is 2.04 bits per heavy atom. The van der Waals surface area contributed by atoms with E-state index in [2.05, 4.69) is 77.7 Å². The zero-order valence-corrected chi connectivity index (χ0v) is 15.9. The Hall–Kier alpha value is -2.78. The zero-order chi connectivity index (χ0) is 18.6. The number of rotatable bonds is 5. The predicted molar refractivity (Wildman–Crippen MR) is 108 cm³/mol. The molecule has 4 rings (SSSR count). The third-order valence-corrected chi connectivity index (χ3v) is 5.35. The summed E-state index contributed by atoms with van der Waals surface area (Å²) in [5.41, 5.74) is 5.35. The van der Waals surface area contributed by atoms with Gasteiger partial charge in [-0.1, -0.05) is 60.7 Å². The van der Waals surface area contributed by atoms with Crippen LogP contribution in [0.25, 0.3) is 0 Å². The van der Waals surface area contributed by atoms with E-state index >= 15 is 0 Å². The van der Waals surface area contributed by atoms with E-state index in [4.69, 9.17) is 9.47 Å². The van der Waals surface area contributed by atoms with Gasteiger partial charge in [-0.3, -0.25) is 4.90 Å². The number of methoxy groups -OCH3 is 2. The fourth-order valence-corrected chi connectivity index (χ4v) is 3.95. The second-order valence-corrected chi connectivity index (χ2v) is 7.00. The first-order valence-electron chi connectivity index (χ1n) is 9.35. The lowest BCUT2D eigenvalue weighted by molar-refractivity contribution is 0.162. The molecule has 1 atom stereocenters. The van der Waals surface area contributed by atoms with Gasteiger partial charge in [-0.15, -0.1) is 0 Å². The van der Waals surface area contributed by atoms with Crippen LogP contribution in [0.5, 0.6) is 11.5 Å². The molecule has 0 aromatic heterocycles. The third-order valence-electron chi connectivity index (χ3n) is 5.35. The van der Waals surface area contributed by atoms with Crippen LogP contribution >= 0.6 is 0 Å². The number of ether oxygens (including phenoxy) is 2. The fourth-order valence-electron chi connectivity index (χ4n) is 3.95. The number of nitrogens with zero attached hydrogens (tertiary/aromatic N) is 1. The third kappa shape index (κ3) is 3.69. The van der Waals surface area contributed by atoms with Gasteiger partial charge in [0.25, 0.3) is 0 Å². The van der Waals surface area contributed by atoms with Crippen LogP contribution in [0.3, 0.4) is 0 Å². The van der Waals surface area contributed by atoms with Crippen LogP contribution in [0.2, 0.25) is 0 Å². The molecule has 138 valence electrons. The summed E-state index contributed by atoms with van der Waals surface area (Å²) in [7, 11) is 3.39. The summed E-state index contributed by atoms with van der Waals surface area (Å²) in [5.74, 6) is 1.61. The van der Waals surface area contributed by atoms with Gasteiger partial charge in [0.1, 0.15) is 0 Å². The summed E-state index contributed by atoms with van der Waals surface area (Å²) in [6, 6.07) is 26.1. The highest BCUT2D eigenvalue weighted by atomic mass is 16.5. The lowest BCUT2D eigenvalue weighted by atomic mass is 9.89. The quantitative estimate of drug-likeness (QED) is 0.640. The number of fused-ring (bicyclic) bond motifs is 1. The molecule has 0 saturated carbocycles. The zero-order valence-electron chi connectivity index (χ0n) is 15.9. The van der Waals surface area contributed by atoms with Crippen LogP contribution in [-0.2, 0) is 19.5 Å². The Morgan fingerprint density at radius 2 is 1.41 bits per heavy atom. The second kappa shape index (κ2) is 7.85. The lowest BCUT2D eigenvalue weighted by Gasteiger charge is -2.37. The van der Waals surface area contributed by atoms with E-state index in [0.29, 0.717) is 6.04 Å². The van der Waals surface area contributed by atoms with Gasteiger partial charge in [0, 0.05) is 19.1 Å². The first-order chi connectivity index (χ1) is 13.3. The maximum atomic E-state index is 5.53. The molecule has 0 aliphatic carbocycles. The van der Waals surface area contributed by atoms with Crippen LogP contribution in [0.4, 0.5) is 0 Å². The molecule has 1 unspecified atom stereocenters. The predicted octanol–water partition coefficient (Wildman–Crippen LogP) is 5.00. The van der Waals surface area contributed by atoms with Crippen LogP contribution in [0.1, 0.15) is 28.3 Å². The summed E-state index contributed by atoms with van der Waals surface area (Å²) in [6.07, 6.45) is 0.965. The Morgan fingerprint density at radius 1 is 0.815 bits per heavy atom. The van der Waals surface area contributed by atoms with Crippen molar-refractivity contribution >= 4 is 0 Å². The van der Waals surface area contributed by atoms with E-state index in [-0.39, 0.29) is 0 Å². The topological polar surface area (TPSA) is 21.7 Å². The van der Waals surface area contributed by atoms with Crippen LogP contribution in [0.15, 0.2) is 72.8 Å². The summed E-state index contributed by atoms with van der Waals surface area (Å²) < 4.78 is 11.1. The average molecular weight is 359 g/mol. The van der Waals surface area contributed by atoms with Gasteiger partial charge in [-0.2, -0.15) is 0 Å². The second-order valence-electron chi connectivity index (χ2n) is 7.00. The van der Waals surface area contributed by atoms with Gasteiger partial charge >= 0.3 is 0 Å². The van der Waals surface area contributed by atoms with Crippen molar-refractivity contribution in [2.75, 3.05) is 14.2 Å². The van der Waals surface area contributed by atoms with Crippen LogP contribution in [0, 0.1) is 0 Å². The largest absolute Gasteiger partial charge is 0.493 e. The van der Waals surface area contributed by atoms with Crippen LogP contribution < -0.4 is 9.47 Å². The van der Waals surface area contributed by atoms with Crippen molar-refractivity contribution in [2.24, 2.45) is 0 Å². The highest BCUT2D eigenvalue weighted by Gasteiger charge is 2.28. The Balaban J connectivity index is 1.72. The van der Waals surface area contributed by atoms with E-state index in [1.165, 1.54) is 22.3 Å². The van der Waals surface area contributed by atoms with Crippen molar-refractivity contribution in [1.82, 2.24) is 4.90 Å². The highest BCUT2D eigenvalue weighted by Crippen LogP contribution is 2.39. The summed E-state index contributed by atoms with van der Waals surface area (Å²) in [5, 5.41) is 0. The molecule has 0 bridgehead atoms. The molecular formula is C24H25NO2. The van der Waals surface area contributed by atoms with Crippen molar-refractivity contribution in [3.63, 3.8) is 0 Å². The van der Waals surface area contributed by atoms with Crippen LogP contribution in [-0.4, -0.2) is 19.1 Å². The average Bonchev–Trinajstić information content (AvgIpc) is 2.73. The maximum absolute atomic E-state index is 5.53. The maximum Gasteiger partial charge on any atom is 0.161 e. The molecule has 0 radical (unpaired) electrons. The lowest BCUT2D eigenvalue weighted by Crippen LogP contribution is -2.33. The summed E-state index contributed by atoms with van der Waals surface area (Å²) in [6.45, 7) is 1.82. The molecular weight excluding hydrogens is 334 g/mol. The standard InChI is InChI=1S/C24H25NO2/c1-26-23-14-20-13-22(19-11-7-4-8-12-19)25(16-18-9-5-3-6-10-18)17-21(20)15-24(23)27-2/h3-12,14-15,22H,13,16-17H2,1-2H3. The number of benzene rings is 3. The molecule has 1 aliphatic heterocycles.